The van der Waals surface area contributed by atoms with Crippen molar-refractivity contribution in [2.24, 2.45) is 0 Å². The normalized spacial score (nSPS) is 35.0. The third-order valence-corrected chi connectivity index (χ3v) is 4.04. The maximum Gasteiger partial charge on any atom is 0.242 e. The molecular weight excluding hydrogens is 292 g/mol. The van der Waals surface area contributed by atoms with Crippen molar-refractivity contribution in [2.75, 3.05) is 18.5 Å². The van der Waals surface area contributed by atoms with E-state index in [0.29, 0.717) is 5.82 Å². The second-order valence-corrected chi connectivity index (χ2v) is 5.57. The molecule has 0 aliphatic carbocycles. The Hall–Kier alpha value is -1.52. The third kappa shape index (κ3) is 2.85. The predicted octanol–water partition coefficient (Wildman–Crippen LogP) is -1.81. The van der Waals surface area contributed by atoms with Gasteiger partial charge in [-0.2, -0.15) is 0 Å². The molecule has 0 saturated carbocycles. The van der Waals surface area contributed by atoms with Crippen molar-refractivity contribution in [3.05, 3.63) is 12.5 Å². The van der Waals surface area contributed by atoms with Gasteiger partial charge in [-0.3, -0.25) is 4.79 Å². The summed E-state index contributed by atoms with van der Waals surface area (Å²) in [7, 11) is 0. The van der Waals surface area contributed by atoms with E-state index in [1.165, 1.54) is 17.1 Å². The highest BCUT2D eigenvalue weighted by Crippen LogP contribution is 2.29. The minimum atomic E-state index is -1.17. The average Bonchev–Trinajstić information content (AvgIpc) is 3.22. The van der Waals surface area contributed by atoms with Gasteiger partial charge in [0.25, 0.3) is 0 Å². The number of nitrogens with one attached hydrogen (secondary N) is 2. The highest BCUT2D eigenvalue weighted by atomic mass is 16.6. The monoisotopic (exact) mass is 312 g/mol. The van der Waals surface area contributed by atoms with Crippen molar-refractivity contribution >= 4 is 11.7 Å². The van der Waals surface area contributed by atoms with Gasteiger partial charge in [0, 0.05) is 0 Å². The van der Waals surface area contributed by atoms with Crippen LogP contribution in [0, 0.1) is 0 Å². The summed E-state index contributed by atoms with van der Waals surface area (Å²) in [4.78, 5) is 16.0. The summed E-state index contributed by atoms with van der Waals surface area (Å²) in [5.74, 6) is 0.195. The third-order valence-electron chi connectivity index (χ3n) is 4.04. The number of hydrogen-bond donors (Lipinski definition) is 5. The van der Waals surface area contributed by atoms with Crippen LogP contribution in [0.4, 0.5) is 5.82 Å². The van der Waals surface area contributed by atoms with Crippen LogP contribution in [0.3, 0.4) is 0 Å². The number of carbonyl (C=O) groups is 1. The van der Waals surface area contributed by atoms with Crippen molar-refractivity contribution in [3.63, 3.8) is 0 Å². The van der Waals surface area contributed by atoms with Gasteiger partial charge in [0.2, 0.25) is 5.91 Å². The number of anilines is 1. The molecule has 2 saturated heterocycles. The molecule has 0 aromatic carbocycles. The first-order valence-electron chi connectivity index (χ1n) is 7.30. The first-order valence-corrected chi connectivity index (χ1v) is 7.30. The Labute approximate surface area is 126 Å². The molecule has 9 heteroatoms. The molecule has 3 rings (SSSR count). The minimum Gasteiger partial charge on any atom is -0.394 e. The van der Waals surface area contributed by atoms with Gasteiger partial charge >= 0.3 is 0 Å². The summed E-state index contributed by atoms with van der Waals surface area (Å²) < 4.78 is 6.85. The van der Waals surface area contributed by atoms with Gasteiger partial charge in [0.1, 0.15) is 18.3 Å². The summed E-state index contributed by atoms with van der Waals surface area (Å²) in [6.45, 7) is 0.440. The Balaban J connectivity index is 1.65. The van der Waals surface area contributed by atoms with Crippen LogP contribution in [0.1, 0.15) is 19.1 Å². The van der Waals surface area contributed by atoms with E-state index >= 15 is 0 Å². The largest absolute Gasteiger partial charge is 0.394 e. The van der Waals surface area contributed by atoms with E-state index in [1.54, 1.807) is 0 Å². The predicted molar refractivity (Wildman–Crippen MR) is 74.9 cm³/mol. The van der Waals surface area contributed by atoms with Crippen molar-refractivity contribution in [2.45, 2.75) is 43.4 Å². The van der Waals surface area contributed by atoms with E-state index < -0.39 is 24.5 Å². The number of ether oxygens (including phenoxy) is 1. The fourth-order valence-corrected chi connectivity index (χ4v) is 2.79. The molecule has 1 aromatic rings. The number of aliphatic hydroxyl groups excluding tert-OH is 3. The van der Waals surface area contributed by atoms with Crippen molar-refractivity contribution in [1.82, 2.24) is 14.9 Å². The number of nitrogens with zero attached hydrogens (tertiary/aromatic N) is 2. The zero-order valence-corrected chi connectivity index (χ0v) is 11.9. The maximum atomic E-state index is 12.0. The van der Waals surface area contributed by atoms with Crippen molar-refractivity contribution in [1.29, 1.82) is 0 Å². The van der Waals surface area contributed by atoms with Crippen LogP contribution >= 0.6 is 0 Å². The first kappa shape index (κ1) is 15.4. The lowest BCUT2D eigenvalue weighted by Gasteiger charge is -2.15. The molecule has 5 atom stereocenters. The van der Waals surface area contributed by atoms with Crippen LogP contribution in [0.5, 0.6) is 0 Å². The number of amides is 1. The molecule has 1 amide bonds. The van der Waals surface area contributed by atoms with Crippen LogP contribution < -0.4 is 10.6 Å². The lowest BCUT2D eigenvalue weighted by Crippen LogP contribution is -2.35. The summed E-state index contributed by atoms with van der Waals surface area (Å²) in [6, 6.07) is -0.209. The molecule has 2 fully saturated rings. The van der Waals surface area contributed by atoms with E-state index in [0.717, 1.165) is 19.4 Å². The highest BCUT2D eigenvalue weighted by molar-refractivity contribution is 5.94. The summed E-state index contributed by atoms with van der Waals surface area (Å²) >= 11 is 0. The van der Waals surface area contributed by atoms with E-state index in [4.69, 9.17) is 9.84 Å². The average molecular weight is 312 g/mol. The van der Waals surface area contributed by atoms with Gasteiger partial charge in [0.05, 0.1) is 25.2 Å². The molecule has 2 aliphatic rings. The molecule has 1 aromatic heterocycles. The van der Waals surface area contributed by atoms with Gasteiger partial charge in [-0.15, -0.1) is 0 Å². The van der Waals surface area contributed by atoms with Crippen LogP contribution in [0.2, 0.25) is 0 Å². The van der Waals surface area contributed by atoms with Crippen molar-refractivity contribution < 1.29 is 24.9 Å². The Bertz CT molecular complexity index is 530. The SMILES string of the molecule is O=C(Nc1cn([C@@H]2O[C@H](CO)[C@@H](O)[C@H]2O)cn1)[C@@H]1CCCN1. The molecule has 0 radical (unpaired) electrons. The number of aliphatic hydroxyl groups is 3. The molecule has 0 unspecified atom stereocenters. The number of carbonyl (C=O) groups excluding carboxylic acids is 1. The van der Waals surface area contributed by atoms with E-state index in [2.05, 4.69) is 15.6 Å². The van der Waals surface area contributed by atoms with E-state index in [9.17, 15) is 15.0 Å². The smallest absolute Gasteiger partial charge is 0.242 e. The first-order chi connectivity index (χ1) is 10.6. The van der Waals surface area contributed by atoms with Gasteiger partial charge < -0.3 is 35.3 Å². The topological polar surface area (TPSA) is 129 Å². The molecular formula is C13H20N4O5. The Morgan fingerprint density at radius 1 is 1.50 bits per heavy atom. The number of rotatable bonds is 4. The van der Waals surface area contributed by atoms with Gasteiger partial charge in [-0.1, -0.05) is 0 Å². The summed E-state index contributed by atoms with van der Waals surface area (Å²) in [5, 5.41) is 34.6. The Kier molecular flexibility index (Phi) is 4.41. The molecule has 22 heavy (non-hydrogen) atoms. The van der Waals surface area contributed by atoms with Gasteiger partial charge in [-0.25, -0.2) is 4.98 Å². The standard InChI is InChI=1S/C13H20N4O5/c18-5-8-10(19)11(20)13(22-8)17-4-9(15-6-17)16-12(21)7-2-1-3-14-7/h4,6-8,10-11,13-14,18-20H,1-3,5H2,(H,16,21)/t7-,8+,10+,11+,13+/m0/s1. The van der Waals surface area contributed by atoms with Gasteiger partial charge in [-0.05, 0) is 19.4 Å². The second kappa shape index (κ2) is 6.31. The molecule has 9 nitrogen and oxygen atoms in total. The minimum absolute atomic E-state index is 0.149. The number of imidazole rings is 1. The maximum absolute atomic E-state index is 12.0. The Morgan fingerprint density at radius 3 is 2.95 bits per heavy atom. The van der Waals surface area contributed by atoms with Crippen LogP contribution in [0.25, 0.3) is 0 Å². The fourth-order valence-electron chi connectivity index (χ4n) is 2.79. The van der Waals surface area contributed by atoms with Crippen LogP contribution in [0.15, 0.2) is 12.5 Å². The molecule has 0 spiro atoms. The van der Waals surface area contributed by atoms with Crippen molar-refractivity contribution in [3.8, 4) is 0 Å². The zero-order chi connectivity index (χ0) is 15.7. The molecule has 2 aliphatic heterocycles. The lowest BCUT2D eigenvalue weighted by atomic mass is 10.1. The fraction of sp³-hybridized carbons (Fsp3) is 0.692. The quantitative estimate of drug-likeness (QED) is 0.443. The molecule has 122 valence electrons. The Morgan fingerprint density at radius 2 is 2.32 bits per heavy atom. The second-order valence-electron chi connectivity index (χ2n) is 5.57. The van der Waals surface area contributed by atoms with Crippen LogP contribution in [-0.4, -0.2) is 68.3 Å². The zero-order valence-electron chi connectivity index (χ0n) is 11.9. The lowest BCUT2D eigenvalue weighted by molar-refractivity contribution is -0.117. The molecule has 5 N–H and O–H groups in total. The number of aromatic nitrogens is 2. The van der Waals surface area contributed by atoms with E-state index in [1.807, 2.05) is 0 Å². The van der Waals surface area contributed by atoms with Crippen LogP contribution in [-0.2, 0) is 9.53 Å². The summed E-state index contributed by atoms with van der Waals surface area (Å²) in [5.41, 5.74) is 0. The molecule has 3 heterocycles. The number of hydrogen-bond acceptors (Lipinski definition) is 7. The van der Waals surface area contributed by atoms with Gasteiger partial charge in [0.15, 0.2) is 12.0 Å². The highest BCUT2D eigenvalue weighted by Gasteiger charge is 2.43. The summed E-state index contributed by atoms with van der Waals surface area (Å²) in [6.07, 6.45) is 0.643. The molecule has 0 bridgehead atoms. The van der Waals surface area contributed by atoms with E-state index in [-0.39, 0.29) is 18.6 Å².